The Balaban J connectivity index is 2.54. The fraction of sp³-hybridized carbons (Fsp3) is 0.250. The lowest BCUT2D eigenvalue weighted by atomic mass is 10.4. The molecule has 2 rings (SSSR count). The molecule has 6 heteroatoms. The van der Waals surface area contributed by atoms with E-state index in [9.17, 15) is 8.78 Å². The van der Waals surface area contributed by atoms with Crippen LogP contribution < -0.4 is 4.74 Å². The quantitative estimate of drug-likeness (QED) is 0.803. The first-order chi connectivity index (χ1) is 6.70. The number of nitrogens with zero attached hydrogens (tertiary/aromatic N) is 2. The summed E-state index contributed by atoms with van der Waals surface area (Å²) in [5.41, 5.74) is 0.709. The molecule has 0 unspecified atom stereocenters. The highest BCUT2D eigenvalue weighted by Crippen LogP contribution is 2.20. The second-order valence-electron chi connectivity index (χ2n) is 2.65. The highest BCUT2D eigenvalue weighted by molar-refractivity contribution is 5.71. The summed E-state index contributed by atoms with van der Waals surface area (Å²) in [6, 6.07) is 3.18. The number of alkyl halides is 2. The van der Waals surface area contributed by atoms with E-state index in [4.69, 9.17) is 4.74 Å². The van der Waals surface area contributed by atoms with Gasteiger partial charge in [-0.25, -0.2) is 13.8 Å². The van der Waals surface area contributed by atoms with E-state index in [0.717, 1.165) is 0 Å². The summed E-state index contributed by atoms with van der Waals surface area (Å²) < 4.78 is 29.3. The van der Waals surface area contributed by atoms with E-state index in [1.807, 2.05) is 0 Å². The van der Waals surface area contributed by atoms with Gasteiger partial charge in [0.1, 0.15) is 0 Å². The number of hydrogen-bond donors (Lipinski definition) is 1. The van der Waals surface area contributed by atoms with Crippen molar-refractivity contribution >= 4 is 11.2 Å². The van der Waals surface area contributed by atoms with Crippen molar-refractivity contribution in [3.8, 4) is 5.88 Å². The minimum absolute atomic E-state index is 0.236. The van der Waals surface area contributed by atoms with Crippen molar-refractivity contribution < 1.29 is 13.5 Å². The number of ether oxygens (including phenoxy) is 1. The maximum absolute atomic E-state index is 12.2. The van der Waals surface area contributed by atoms with Crippen molar-refractivity contribution in [2.24, 2.45) is 0 Å². The average Bonchev–Trinajstić information content (AvgIpc) is 2.59. The number of aromatic nitrogens is 3. The zero-order valence-corrected chi connectivity index (χ0v) is 7.29. The van der Waals surface area contributed by atoms with E-state index in [1.165, 1.54) is 7.11 Å². The van der Waals surface area contributed by atoms with Crippen LogP contribution >= 0.6 is 0 Å². The monoisotopic (exact) mass is 199 g/mol. The van der Waals surface area contributed by atoms with Crippen LogP contribution in [0, 0.1) is 0 Å². The molecule has 0 saturated heterocycles. The van der Waals surface area contributed by atoms with Gasteiger partial charge in [0.2, 0.25) is 5.88 Å². The van der Waals surface area contributed by atoms with E-state index in [2.05, 4.69) is 15.0 Å². The highest BCUT2D eigenvalue weighted by Gasteiger charge is 2.13. The van der Waals surface area contributed by atoms with E-state index >= 15 is 0 Å². The number of pyridine rings is 1. The maximum Gasteiger partial charge on any atom is 0.295 e. The minimum Gasteiger partial charge on any atom is -0.481 e. The van der Waals surface area contributed by atoms with Gasteiger partial charge in [0, 0.05) is 6.07 Å². The summed E-state index contributed by atoms with van der Waals surface area (Å²) in [4.78, 5) is 9.99. The first-order valence-electron chi connectivity index (χ1n) is 3.89. The van der Waals surface area contributed by atoms with Gasteiger partial charge in [-0.05, 0) is 6.07 Å². The second kappa shape index (κ2) is 3.21. The molecule has 1 N–H and O–H groups in total. The van der Waals surface area contributed by atoms with Crippen LogP contribution in [0.2, 0.25) is 0 Å². The zero-order chi connectivity index (χ0) is 10.1. The highest BCUT2D eigenvalue weighted by atomic mass is 19.3. The Morgan fingerprint density at radius 3 is 2.79 bits per heavy atom. The van der Waals surface area contributed by atoms with Crippen LogP contribution in [0.5, 0.6) is 5.88 Å². The molecule has 0 radical (unpaired) electrons. The zero-order valence-electron chi connectivity index (χ0n) is 7.29. The first-order valence-corrected chi connectivity index (χ1v) is 3.89. The molecule has 0 bridgehead atoms. The van der Waals surface area contributed by atoms with Crippen LogP contribution in [0.1, 0.15) is 12.2 Å². The number of methoxy groups -OCH3 is 1. The topological polar surface area (TPSA) is 50.8 Å². The van der Waals surface area contributed by atoms with Gasteiger partial charge in [-0.15, -0.1) is 0 Å². The third kappa shape index (κ3) is 1.39. The van der Waals surface area contributed by atoms with Crippen molar-refractivity contribution in [1.29, 1.82) is 0 Å². The lowest BCUT2D eigenvalue weighted by Crippen LogP contribution is -1.87. The number of H-pyrrole nitrogens is 1. The number of hydrogen-bond acceptors (Lipinski definition) is 3. The molecule has 2 aromatic heterocycles. The molecule has 0 amide bonds. The SMILES string of the molecule is COc1ccc2[nH]c(C(F)F)nc2n1. The van der Waals surface area contributed by atoms with E-state index in [0.29, 0.717) is 11.4 Å². The molecule has 0 aliphatic rings. The molecule has 74 valence electrons. The van der Waals surface area contributed by atoms with Crippen molar-refractivity contribution in [2.75, 3.05) is 7.11 Å². The van der Waals surface area contributed by atoms with Gasteiger partial charge in [-0.3, -0.25) is 0 Å². The van der Waals surface area contributed by atoms with E-state index in [1.54, 1.807) is 12.1 Å². The van der Waals surface area contributed by atoms with Crippen molar-refractivity contribution in [2.45, 2.75) is 6.43 Å². The number of rotatable bonds is 2. The van der Waals surface area contributed by atoms with Gasteiger partial charge < -0.3 is 9.72 Å². The Morgan fingerprint density at radius 1 is 1.36 bits per heavy atom. The van der Waals surface area contributed by atoms with Crippen LogP contribution in [-0.2, 0) is 0 Å². The Labute approximate surface area is 77.9 Å². The smallest absolute Gasteiger partial charge is 0.295 e. The molecular formula is C8H7F2N3O. The molecule has 0 saturated carbocycles. The van der Waals surface area contributed by atoms with Crippen molar-refractivity contribution in [3.05, 3.63) is 18.0 Å². The van der Waals surface area contributed by atoms with Crippen LogP contribution in [0.25, 0.3) is 11.2 Å². The summed E-state index contributed by atoms with van der Waals surface area (Å²) in [5.74, 6) is -0.0226. The molecule has 14 heavy (non-hydrogen) atoms. The first kappa shape index (κ1) is 8.86. The molecule has 0 aliphatic carbocycles. The predicted molar refractivity (Wildman–Crippen MR) is 45.4 cm³/mol. The molecule has 0 atom stereocenters. The minimum atomic E-state index is -2.62. The second-order valence-corrected chi connectivity index (χ2v) is 2.65. The standard InChI is InChI=1S/C8H7F2N3O/c1-14-5-3-2-4-7(12-5)13-8(11-4)6(9)10/h2-3,6H,1H3,(H,11,12,13). The maximum atomic E-state index is 12.2. The molecule has 2 heterocycles. The summed E-state index contributed by atoms with van der Waals surface area (Å²) in [5, 5.41) is 0. The normalized spacial score (nSPS) is 11.1. The van der Waals surface area contributed by atoms with Crippen molar-refractivity contribution in [1.82, 2.24) is 15.0 Å². The van der Waals surface area contributed by atoms with Gasteiger partial charge in [0.15, 0.2) is 11.5 Å². The fourth-order valence-electron chi connectivity index (χ4n) is 1.11. The molecule has 0 aliphatic heterocycles. The molecule has 2 aromatic rings. The average molecular weight is 199 g/mol. The lowest BCUT2D eigenvalue weighted by Gasteiger charge is -1.95. The Morgan fingerprint density at radius 2 is 2.14 bits per heavy atom. The van der Waals surface area contributed by atoms with Gasteiger partial charge in [0.05, 0.1) is 12.6 Å². The van der Waals surface area contributed by atoms with Crippen molar-refractivity contribution in [3.63, 3.8) is 0 Å². The van der Waals surface area contributed by atoms with Crippen LogP contribution in [0.15, 0.2) is 12.1 Å². The van der Waals surface area contributed by atoms with E-state index in [-0.39, 0.29) is 11.5 Å². The number of halogens is 2. The Bertz CT molecular complexity index is 455. The number of fused-ring (bicyclic) bond motifs is 1. The van der Waals surface area contributed by atoms with E-state index < -0.39 is 6.43 Å². The van der Waals surface area contributed by atoms with Crippen LogP contribution in [0.4, 0.5) is 8.78 Å². The van der Waals surface area contributed by atoms with Gasteiger partial charge in [0.25, 0.3) is 6.43 Å². The Hall–Kier alpha value is -1.72. The summed E-state index contributed by atoms with van der Waals surface area (Å²) >= 11 is 0. The Kier molecular flexibility index (Phi) is 2.03. The van der Waals surface area contributed by atoms with Crippen LogP contribution in [0.3, 0.4) is 0 Å². The van der Waals surface area contributed by atoms with Gasteiger partial charge >= 0.3 is 0 Å². The number of nitrogens with one attached hydrogen (secondary N) is 1. The predicted octanol–water partition coefficient (Wildman–Crippen LogP) is 1.90. The molecular weight excluding hydrogens is 192 g/mol. The molecule has 4 nitrogen and oxygen atoms in total. The fourth-order valence-corrected chi connectivity index (χ4v) is 1.11. The number of aromatic amines is 1. The third-order valence-corrected chi connectivity index (χ3v) is 1.75. The van der Waals surface area contributed by atoms with Gasteiger partial charge in [-0.2, -0.15) is 4.98 Å². The summed E-state index contributed by atoms with van der Waals surface area (Å²) in [7, 11) is 1.45. The number of imidazole rings is 1. The third-order valence-electron chi connectivity index (χ3n) is 1.75. The lowest BCUT2D eigenvalue weighted by molar-refractivity contribution is 0.142. The largest absolute Gasteiger partial charge is 0.481 e. The molecule has 0 fully saturated rings. The molecule has 0 aromatic carbocycles. The molecule has 0 spiro atoms. The summed E-state index contributed by atoms with van der Waals surface area (Å²) in [6.45, 7) is 0. The van der Waals surface area contributed by atoms with Crippen LogP contribution in [-0.4, -0.2) is 22.1 Å². The van der Waals surface area contributed by atoms with Gasteiger partial charge in [-0.1, -0.05) is 0 Å². The summed E-state index contributed by atoms with van der Waals surface area (Å²) in [6.07, 6.45) is -2.62.